The molecular formula is C30H48O4. The summed E-state index contributed by atoms with van der Waals surface area (Å²) in [6.45, 7) is 17.4. The van der Waals surface area contributed by atoms with E-state index in [9.17, 15) is 10.2 Å². The molecule has 192 valence electrons. The number of hydrogen-bond donors (Lipinski definition) is 2. The van der Waals surface area contributed by atoms with E-state index in [0.29, 0.717) is 24.4 Å². The second-order valence-electron chi connectivity index (χ2n) is 14.9. The fourth-order valence-corrected chi connectivity index (χ4v) is 11.5. The van der Waals surface area contributed by atoms with E-state index in [4.69, 9.17) is 9.47 Å². The van der Waals surface area contributed by atoms with Crippen molar-refractivity contribution < 1.29 is 19.7 Å². The third-order valence-corrected chi connectivity index (χ3v) is 13.1. The smallest absolute Gasteiger partial charge is 0.174 e. The van der Waals surface area contributed by atoms with Crippen LogP contribution in [-0.4, -0.2) is 40.9 Å². The summed E-state index contributed by atoms with van der Waals surface area (Å²) in [5.74, 6) is 1.10. The molecule has 2 N–H and O–H groups in total. The first-order valence-electron chi connectivity index (χ1n) is 14.1. The number of fused-ring (bicyclic) bond motifs is 4. The van der Waals surface area contributed by atoms with Crippen molar-refractivity contribution in [1.29, 1.82) is 0 Å². The minimum absolute atomic E-state index is 0.0209. The summed E-state index contributed by atoms with van der Waals surface area (Å²) in [6.07, 6.45) is 9.85. The van der Waals surface area contributed by atoms with Gasteiger partial charge in [-0.1, -0.05) is 39.3 Å². The Bertz CT molecular complexity index is 903. The first-order valence-corrected chi connectivity index (χ1v) is 14.1. The Morgan fingerprint density at radius 2 is 1.65 bits per heavy atom. The zero-order chi connectivity index (χ0) is 24.5. The largest absolute Gasteiger partial charge is 0.393 e. The van der Waals surface area contributed by atoms with Crippen LogP contribution in [0.2, 0.25) is 0 Å². The van der Waals surface area contributed by atoms with E-state index in [-0.39, 0.29) is 39.6 Å². The SMILES string of the molecule is CC(C)=C[C@H]1CO[C@]23C[C@]4(CO2)[C@H](CC[C@H]2[C@@]5(C)CC[C@H](O)C(C)(C)[C@@H]5CC[C@]24C)[C@H]3[C@@]1(C)O. The lowest BCUT2D eigenvalue weighted by atomic mass is 9.35. The van der Waals surface area contributed by atoms with Crippen LogP contribution in [0.5, 0.6) is 0 Å². The average molecular weight is 473 g/mol. The lowest BCUT2D eigenvalue weighted by Gasteiger charge is -2.70. The van der Waals surface area contributed by atoms with E-state index >= 15 is 0 Å². The molecular weight excluding hydrogens is 424 g/mol. The summed E-state index contributed by atoms with van der Waals surface area (Å²) in [7, 11) is 0. The molecule has 6 aliphatic rings. The topological polar surface area (TPSA) is 58.9 Å². The molecule has 0 aromatic carbocycles. The maximum atomic E-state index is 12.1. The molecule has 0 amide bonds. The van der Waals surface area contributed by atoms with Crippen molar-refractivity contribution in [2.24, 2.45) is 51.2 Å². The number of ether oxygens (including phenoxy) is 2. The molecule has 6 fully saturated rings. The molecule has 6 rings (SSSR count). The van der Waals surface area contributed by atoms with E-state index in [1.54, 1.807) is 0 Å². The van der Waals surface area contributed by atoms with Crippen LogP contribution in [-0.2, 0) is 9.47 Å². The number of allylic oxidation sites excluding steroid dienone is 1. The third kappa shape index (κ3) is 2.60. The molecule has 0 aromatic heterocycles. The molecule has 4 heteroatoms. The van der Waals surface area contributed by atoms with Crippen molar-refractivity contribution in [1.82, 2.24) is 0 Å². The minimum Gasteiger partial charge on any atom is -0.393 e. The van der Waals surface area contributed by atoms with E-state index in [1.165, 1.54) is 31.3 Å². The van der Waals surface area contributed by atoms with Crippen molar-refractivity contribution in [3.05, 3.63) is 11.6 Å². The lowest BCUT2D eigenvalue weighted by Crippen LogP contribution is -2.67. The maximum Gasteiger partial charge on any atom is 0.174 e. The molecule has 11 atom stereocenters. The van der Waals surface area contributed by atoms with E-state index in [1.807, 2.05) is 0 Å². The summed E-state index contributed by atoms with van der Waals surface area (Å²) in [4.78, 5) is 0. The highest BCUT2D eigenvalue weighted by Crippen LogP contribution is 2.80. The molecule has 4 nitrogen and oxygen atoms in total. The molecule has 2 bridgehead atoms. The van der Waals surface area contributed by atoms with Gasteiger partial charge in [-0.25, -0.2) is 0 Å². The molecule has 2 heterocycles. The first kappa shape index (κ1) is 23.9. The molecule has 4 aliphatic carbocycles. The quantitative estimate of drug-likeness (QED) is 0.480. The second-order valence-corrected chi connectivity index (χ2v) is 14.9. The zero-order valence-corrected chi connectivity index (χ0v) is 22.6. The van der Waals surface area contributed by atoms with Gasteiger partial charge in [0.05, 0.1) is 24.9 Å². The van der Waals surface area contributed by atoms with Gasteiger partial charge in [0, 0.05) is 23.7 Å². The third-order valence-electron chi connectivity index (χ3n) is 13.1. The summed E-state index contributed by atoms with van der Waals surface area (Å²) in [5.41, 5.74) is 0.929. The Morgan fingerprint density at radius 3 is 2.35 bits per heavy atom. The van der Waals surface area contributed by atoms with Gasteiger partial charge in [-0.3, -0.25) is 0 Å². The molecule has 2 aliphatic heterocycles. The van der Waals surface area contributed by atoms with Crippen molar-refractivity contribution in [3.8, 4) is 0 Å². The van der Waals surface area contributed by atoms with Crippen LogP contribution in [0.3, 0.4) is 0 Å². The predicted octanol–water partition coefficient (Wildman–Crippen LogP) is 5.71. The van der Waals surface area contributed by atoms with Crippen LogP contribution >= 0.6 is 0 Å². The van der Waals surface area contributed by atoms with Gasteiger partial charge in [0.25, 0.3) is 0 Å². The van der Waals surface area contributed by atoms with Crippen LogP contribution < -0.4 is 0 Å². The molecule has 2 spiro atoms. The fraction of sp³-hybridized carbons (Fsp3) is 0.933. The first-order chi connectivity index (χ1) is 15.7. The zero-order valence-electron chi connectivity index (χ0n) is 22.6. The van der Waals surface area contributed by atoms with Crippen molar-refractivity contribution in [2.45, 2.75) is 111 Å². The van der Waals surface area contributed by atoms with E-state index in [2.05, 4.69) is 54.5 Å². The summed E-state index contributed by atoms with van der Waals surface area (Å²) in [5, 5.41) is 23.0. The van der Waals surface area contributed by atoms with Crippen LogP contribution in [0.1, 0.15) is 93.4 Å². The van der Waals surface area contributed by atoms with Crippen molar-refractivity contribution in [3.63, 3.8) is 0 Å². The van der Waals surface area contributed by atoms with Gasteiger partial charge in [-0.05, 0) is 93.3 Å². The highest BCUT2D eigenvalue weighted by atomic mass is 16.7. The molecule has 34 heavy (non-hydrogen) atoms. The van der Waals surface area contributed by atoms with Gasteiger partial charge >= 0.3 is 0 Å². The normalized spacial score (nSPS) is 59.4. The standard InChI is InChI=1S/C30H48O4/c1-18(2)14-19-15-33-30-16-29(17-34-30)20(24(30)28(19,7)32)8-9-22-26(5)12-11-23(31)25(3,4)21(26)10-13-27(22,29)6/h14,19-24,31-32H,8-13,15-17H2,1-7H3/t19-,20+,21-,22-,23-,24-,26-,27+,28-,29-,30+/m0/s1. The maximum absolute atomic E-state index is 12.1. The second kappa shape index (κ2) is 6.91. The van der Waals surface area contributed by atoms with Gasteiger partial charge in [-0.2, -0.15) is 0 Å². The van der Waals surface area contributed by atoms with Crippen LogP contribution in [0.4, 0.5) is 0 Å². The Balaban J connectivity index is 1.41. The highest BCUT2D eigenvalue weighted by molar-refractivity contribution is 5.27. The minimum atomic E-state index is -0.816. The Labute approximate surface area is 206 Å². The Morgan fingerprint density at radius 1 is 0.912 bits per heavy atom. The monoisotopic (exact) mass is 472 g/mol. The summed E-state index contributed by atoms with van der Waals surface area (Å²) in [6, 6.07) is 0. The van der Waals surface area contributed by atoms with Gasteiger partial charge in [0.15, 0.2) is 5.79 Å². The van der Waals surface area contributed by atoms with E-state index in [0.717, 1.165) is 25.9 Å². The fourth-order valence-electron chi connectivity index (χ4n) is 11.5. The molecule has 2 saturated heterocycles. The van der Waals surface area contributed by atoms with Crippen molar-refractivity contribution >= 4 is 0 Å². The number of aliphatic hydroxyl groups excluding tert-OH is 1. The number of hydrogen-bond acceptors (Lipinski definition) is 4. The molecule has 0 unspecified atom stereocenters. The lowest BCUT2D eigenvalue weighted by molar-refractivity contribution is -0.338. The average Bonchev–Trinajstić information content (AvgIpc) is 3.26. The number of aliphatic hydroxyl groups is 2. The highest BCUT2D eigenvalue weighted by Gasteiger charge is 2.80. The molecule has 0 aromatic rings. The van der Waals surface area contributed by atoms with Crippen LogP contribution in [0, 0.1) is 51.2 Å². The molecule has 0 radical (unpaired) electrons. The van der Waals surface area contributed by atoms with Crippen molar-refractivity contribution in [2.75, 3.05) is 13.2 Å². The summed E-state index contributed by atoms with van der Waals surface area (Å²) >= 11 is 0. The van der Waals surface area contributed by atoms with Crippen LogP contribution in [0.25, 0.3) is 0 Å². The van der Waals surface area contributed by atoms with Gasteiger partial charge in [0.1, 0.15) is 0 Å². The Hall–Kier alpha value is -0.420. The van der Waals surface area contributed by atoms with E-state index < -0.39 is 11.4 Å². The van der Waals surface area contributed by atoms with Gasteiger partial charge < -0.3 is 19.7 Å². The Kier molecular flexibility index (Phi) is 4.87. The molecule has 4 saturated carbocycles. The van der Waals surface area contributed by atoms with Gasteiger partial charge in [-0.15, -0.1) is 0 Å². The predicted molar refractivity (Wildman–Crippen MR) is 133 cm³/mol. The van der Waals surface area contributed by atoms with Gasteiger partial charge in [0.2, 0.25) is 0 Å². The van der Waals surface area contributed by atoms with Crippen LogP contribution in [0.15, 0.2) is 11.6 Å². The summed E-state index contributed by atoms with van der Waals surface area (Å²) < 4.78 is 13.4. The number of rotatable bonds is 1.